The molecule has 5 nitrogen and oxygen atoms in total. The Hall–Kier alpha value is -2.37. The number of carbonyl (C=O) groups excluding carboxylic acids is 1. The highest BCUT2D eigenvalue weighted by molar-refractivity contribution is 5.98. The molecule has 2 unspecified atom stereocenters. The molecule has 1 saturated heterocycles. The van der Waals surface area contributed by atoms with Gasteiger partial charge >= 0.3 is 0 Å². The number of hydrogen-bond acceptors (Lipinski definition) is 4. The van der Waals surface area contributed by atoms with Crippen LogP contribution in [0.1, 0.15) is 18.9 Å². The fraction of sp³-hybridized carbons (Fsp3) is 0.357. The van der Waals surface area contributed by atoms with Crippen LogP contribution in [0.25, 0.3) is 0 Å². The quantitative estimate of drug-likeness (QED) is 0.859. The van der Waals surface area contributed by atoms with Gasteiger partial charge in [-0.1, -0.05) is 0 Å². The molecule has 0 spiro atoms. The summed E-state index contributed by atoms with van der Waals surface area (Å²) in [6.45, 7) is 2.60. The van der Waals surface area contributed by atoms with Crippen molar-refractivity contribution >= 4 is 11.6 Å². The van der Waals surface area contributed by atoms with Gasteiger partial charge in [0.15, 0.2) is 0 Å². The maximum atomic E-state index is 12.3. The summed E-state index contributed by atoms with van der Waals surface area (Å²) < 4.78 is 0. The predicted octanol–water partition coefficient (Wildman–Crippen LogP) is 1.17. The maximum Gasteiger partial charge on any atom is 0.245 e. The number of benzene rings is 1. The van der Waals surface area contributed by atoms with E-state index < -0.39 is 6.04 Å². The molecule has 0 aromatic heterocycles. The molecule has 1 aromatic carbocycles. The zero-order valence-corrected chi connectivity index (χ0v) is 10.6. The van der Waals surface area contributed by atoms with Gasteiger partial charge in [-0.15, -0.1) is 0 Å². The van der Waals surface area contributed by atoms with Crippen LogP contribution in [0.4, 0.5) is 5.69 Å². The van der Waals surface area contributed by atoms with E-state index in [1.54, 1.807) is 29.2 Å². The Bertz CT molecular complexity index is 552. The number of nitrogens with one attached hydrogen (secondary N) is 1. The van der Waals surface area contributed by atoms with E-state index in [0.717, 1.165) is 5.69 Å². The summed E-state index contributed by atoms with van der Waals surface area (Å²) in [7, 11) is 0. The molecular formula is C14H14N4O. The lowest BCUT2D eigenvalue weighted by Crippen LogP contribution is -2.59. The Morgan fingerprint density at radius 1 is 1.37 bits per heavy atom. The van der Waals surface area contributed by atoms with Crippen molar-refractivity contribution in [2.75, 3.05) is 11.4 Å². The van der Waals surface area contributed by atoms with Crippen LogP contribution in [0.2, 0.25) is 0 Å². The third kappa shape index (κ3) is 2.57. The summed E-state index contributed by atoms with van der Waals surface area (Å²) in [6.07, 6.45) is 0.165. The first-order valence-electron chi connectivity index (χ1n) is 6.11. The number of nitrogens with zero attached hydrogens (tertiary/aromatic N) is 3. The summed E-state index contributed by atoms with van der Waals surface area (Å²) >= 11 is 0. The van der Waals surface area contributed by atoms with E-state index in [4.69, 9.17) is 10.5 Å². The van der Waals surface area contributed by atoms with E-state index in [1.165, 1.54) is 0 Å². The van der Waals surface area contributed by atoms with Crippen LogP contribution in [-0.2, 0) is 4.79 Å². The maximum absolute atomic E-state index is 12.3. The van der Waals surface area contributed by atoms with Crippen LogP contribution in [0, 0.1) is 22.7 Å². The van der Waals surface area contributed by atoms with Crippen molar-refractivity contribution in [2.45, 2.75) is 25.4 Å². The molecule has 0 aliphatic carbocycles. The molecule has 1 heterocycles. The molecule has 0 saturated carbocycles. The monoisotopic (exact) mass is 254 g/mol. The molecule has 1 N–H and O–H groups in total. The van der Waals surface area contributed by atoms with Crippen molar-refractivity contribution in [3.63, 3.8) is 0 Å². The van der Waals surface area contributed by atoms with Gasteiger partial charge < -0.3 is 10.2 Å². The number of piperazine rings is 1. The topological polar surface area (TPSA) is 79.9 Å². The van der Waals surface area contributed by atoms with E-state index in [2.05, 4.69) is 5.32 Å². The van der Waals surface area contributed by atoms with Crippen LogP contribution in [0.3, 0.4) is 0 Å². The smallest absolute Gasteiger partial charge is 0.245 e. The Kier molecular flexibility index (Phi) is 3.79. The SMILES string of the molecule is CC1CNC(CC#N)C(=O)N1c1ccc(C#N)cc1. The van der Waals surface area contributed by atoms with E-state index in [1.807, 2.05) is 19.1 Å². The number of amides is 1. The molecule has 0 radical (unpaired) electrons. The van der Waals surface area contributed by atoms with E-state index >= 15 is 0 Å². The molecule has 0 bridgehead atoms. The normalized spacial score (nSPS) is 22.7. The second kappa shape index (κ2) is 5.51. The Morgan fingerprint density at radius 2 is 2.05 bits per heavy atom. The Labute approximate surface area is 112 Å². The third-order valence-electron chi connectivity index (χ3n) is 3.21. The van der Waals surface area contributed by atoms with Gasteiger partial charge in [0.05, 0.1) is 24.1 Å². The van der Waals surface area contributed by atoms with Crippen LogP contribution in [0.15, 0.2) is 24.3 Å². The highest BCUT2D eigenvalue weighted by atomic mass is 16.2. The fourth-order valence-corrected chi connectivity index (χ4v) is 2.21. The van der Waals surface area contributed by atoms with Gasteiger partial charge in [0.1, 0.15) is 6.04 Å². The van der Waals surface area contributed by atoms with Crippen molar-refractivity contribution in [1.82, 2.24) is 5.32 Å². The fourth-order valence-electron chi connectivity index (χ4n) is 2.21. The first-order valence-corrected chi connectivity index (χ1v) is 6.11. The molecule has 1 fully saturated rings. The molecule has 1 aliphatic heterocycles. The molecule has 2 atom stereocenters. The number of carbonyl (C=O) groups is 1. The lowest BCUT2D eigenvalue weighted by Gasteiger charge is -2.37. The Morgan fingerprint density at radius 3 is 2.63 bits per heavy atom. The van der Waals surface area contributed by atoms with Crippen molar-refractivity contribution in [1.29, 1.82) is 10.5 Å². The highest BCUT2D eigenvalue weighted by Gasteiger charge is 2.33. The van der Waals surface area contributed by atoms with Gasteiger partial charge in [0.2, 0.25) is 5.91 Å². The van der Waals surface area contributed by atoms with Crippen molar-refractivity contribution < 1.29 is 4.79 Å². The van der Waals surface area contributed by atoms with E-state index in [9.17, 15) is 4.79 Å². The molecule has 19 heavy (non-hydrogen) atoms. The van der Waals surface area contributed by atoms with Crippen molar-refractivity contribution in [3.8, 4) is 12.1 Å². The van der Waals surface area contributed by atoms with Gasteiger partial charge in [-0.05, 0) is 31.2 Å². The molecular weight excluding hydrogens is 240 g/mol. The number of nitriles is 2. The van der Waals surface area contributed by atoms with Crippen LogP contribution >= 0.6 is 0 Å². The van der Waals surface area contributed by atoms with E-state index in [0.29, 0.717) is 12.1 Å². The first-order chi connectivity index (χ1) is 9.17. The zero-order chi connectivity index (χ0) is 13.8. The minimum atomic E-state index is -0.447. The minimum Gasteiger partial charge on any atom is -0.307 e. The summed E-state index contributed by atoms with van der Waals surface area (Å²) in [5.41, 5.74) is 1.33. The van der Waals surface area contributed by atoms with Crippen LogP contribution in [-0.4, -0.2) is 24.5 Å². The summed E-state index contributed by atoms with van der Waals surface area (Å²) in [5, 5.41) is 20.6. The number of rotatable bonds is 2. The standard InChI is InChI=1S/C14H14N4O/c1-10-9-17-13(6-7-15)14(19)18(10)12-4-2-11(8-16)3-5-12/h2-5,10,13,17H,6,9H2,1H3. The highest BCUT2D eigenvalue weighted by Crippen LogP contribution is 2.22. The third-order valence-corrected chi connectivity index (χ3v) is 3.21. The number of anilines is 1. The second-order valence-electron chi connectivity index (χ2n) is 4.54. The minimum absolute atomic E-state index is 0.0235. The summed E-state index contributed by atoms with van der Waals surface area (Å²) in [6, 6.07) is 10.6. The van der Waals surface area contributed by atoms with Crippen LogP contribution in [0.5, 0.6) is 0 Å². The molecule has 5 heteroatoms. The zero-order valence-electron chi connectivity index (χ0n) is 10.6. The average molecular weight is 254 g/mol. The predicted molar refractivity (Wildman–Crippen MR) is 70.1 cm³/mol. The molecule has 96 valence electrons. The number of hydrogen-bond donors (Lipinski definition) is 1. The van der Waals surface area contributed by atoms with Gasteiger partial charge in [0.25, 0.3) is 0 Å². The van der Waals surface area contributed by atoms with Crippen LogP contribution < -0.4 is 10.2 Å². The molecule has 1 aliphatic rings. The largest absolute Gasteiger partial charge is 0.307 e. The van der Waals surface area contributed by atoms with Crippen molar-refractivity contribution in [2.24, 2.45) is 0 Å². The molecule has 2 rings (SSSR count). The lowest BCUT2D eigenvalue weighted by atomic mass is 10.1. The first kappa shape index (κ1) is 13.1. The summed E-state index contributed by atoms with van der Waals surface area (Å²) in [4.78, 5) is 14.0. The van der Waals surface area contributed by atoms with Gasteiger partial charge in [-0.25, -0.2) is 0 Å². The van der Waals surface area contributed by atoms with Gasteiger partial charge in [-0.3, -0.25) is 4.79 Å². The van der Waals surface area contributed by atoms with Gasteiger partial charge in [0, 0.05) is 18.3 Å². The van der Waals surface area contributed by atoms with Gasteiger partial charge in [-0.2, -0.15) is 10.5 Å². The molecule has 1 aromatic rings. The summed E-state index contributed by atoms with van der Waals surface area (Å²) in [5.74, 6) is -0.0926. The average Bonchev–Trinajstić information content (AvgIpc) is 2.43. The van der Waals surface area contributed by atoms with Crippen molar-refractivity contribution in [3.05, 3.63) is 29.8 Å². The second-order valence-corrected chi connectivity index (χ2v) is 4.54. The Balaban J connectivity index is 2.27. The lowest BCUT2D eigenvalue weighted by molar-refractivity contribution is -0.122. The van der Waals surface area contributed by atoms with E-state index in [-0.39, 0.29) is 18.4 Å². The molecule has 1 amide bonds.